The van der Waals surface area contributed by atoms with Crippen molar-refractivity contribution in [2.45, 2.75) is 26.8 Å². The molecule has 0 spiro atoms. The van der Waals surface area contributed by atoms with E-state index in [0.29, 0.717) is 26.3 Å². The van der Waals surface area contributed by atoms with Gasteiger partial charge in [-0.05, 0) is 25.5 Å². The predicted molar refractivity (Wildman–Crippen MR) is 96.2 cm³/mol. The van der Waals surface area contributed by atoms with E-state index in [4.69, 9.17) is 9.47 Å². The van der Waals surface area contributed by atoms with E-state index in [-0.39, 0.29) is 0 Å². The number of ether oxygens (including phenoxy) is 2. The normalized spacial score (nSPS) is 11.2. The summed E-state index contributed by atoms with van der Waals surface area (Å²) < 4.78 is 10.9. The van der Waals surface area contributed by atoms with Crippen LogP contribution in [0.15, 0.2) is 35.8 Å². The number of aliphatic imine (C=N–C) groups is 1. The summed E-state index contributed by atoms with van der Waals surface area (Å²) in [6, 6.07) is 6.21. The molecule has 5 nitrogen and oxygen atoms in total. The van der Waals surface area contributed by atoms with Gasteiger partial charge in [0.05, 0.1) is 13.2 Å². The number of benzene rings is 1. The van der Waals surface area contributed by atoms with Crippen molar-refractivity contribution >= 4 is 5.96 Å². The first-order valence-electron chi connectivity index (χ1n) is 8.05. The van der Waals surface area contributed by atoms with E-state index in [1.54, 1.807) is 7.11 Å². The Hall–Kier alpha value is -2.01. The van der Waals surface area contributed by atoms with E-state index in [9.17, 15) is 0 Å². The highest BCUT2D eigenvalue weighted by Gasteiger charge is 2.05. The molecule has 0 amide bonds. The molecule has 0 unspecified atom stereocenters. The van der Waals surface area contributed by atoms with Crippen LogP contribution in [-0.2, 0) is 11.3 Å². The third-order valence-corrected chi connectivity index (χ3v) is 3.14. The van der Waals surface area contributed by atoms with Crippen molar-refractivity contribution in [3.05, 3.63) is 42.0 Å². The minimum absolute atomic E-state index is 0.562. The number of hydrogen-bond donors (Lipinski definition) is 2. The van der Waals surface area contributed by atoms with Gasteiger partial charge in [-0.15, -0.1) is 6.58 Å². The fourth-order valence-electron chi connectivity index (χ4n) is 1.99. The van der Waals surface area contributed by atoms with E-state index in [1.165, 1.54) is 5.56 Å². The molecule has 0 aliphatic heterocycles. The second kappa shape index (κ2) is 11.5. The molecule has 0 fully saturated rings. The average molecular weight is 319 g/mol. The third kappa shape index (κ3) is 7.70. The summed E-state index contributed by atoms with van der Waals surface area (Å²) in [5.41, 5.74) is 2.25. The van der Waals surface area contributed by atoms with Gasteiger partial charge >= 0.3 is 0 Å². The standard InChI is InChI=1S/C18H29N3O2/c1-5-10-20-18(19-6-2)21-14-16-9-8-15(3)13-17(16)23-12-7-11-22-4/h5,8-9,13H,1,6-7,10-12,14H2,2-4H3,(H2,19,20,21). The van der Waals surface area contributed by atoms with Crippen molar-refractivity contribution in [2.75, 3.05) is 33.4 Å². The van der Waals surface area contributed by atoms with Crippen LogP contribution in [-0.4, -0.2) is 39.4 Å². The van der Waals surface area contributed by atoms with E-state index in [0.717, 1.165) is 30.2 Å². The predicted octanol–water partition coefficient (Wildman–Crippen LogP) is 2.65. The molecule has 128 valence electrons. The van der Waals surface area contributed by atoms with Gasteiger partial charge in [0.2, 0.25) is 0 Å². The van der Waals surface area contributed by atoms with Crippen LogP contribution in [0.3, 0.4) is 0 Å². The second-order valence-electron chi connectivity index (χ2n) is 5.17. The Labute approximate surface area is 139 Å². The molecule has 2 N–H and O–H groups in total. The van der Waals surface area contributed by atoms with Crippen LogP contribution in [0.4, 0.5) is 0 Å². The van der Waals surface area contributed by atoms with E-state index >= 15 is 0 Å². The van der Waals surface area contributed by atoms with Crippen LogP contribution in [0.2, 0.25) is 0 Å². The molecule has 0 heterocycles. The lowest BCUT2D eigenvalue weighted by molar-refractivity contribution is 0.172. The van der Waals surface area contributed by atoms with Gasteiger partial charge in [-0.1, -0.05) is 18.2 Å². The molecule has 0 aromatic heterocycles. The Morgan fingerprint density at radius 1 is 1.30 bits per heavy atom. The largest absolute Gasteiger partial charge is 0.493 e. The Kier molecular flexibility index (Phi) is 9.55. The van der Waals surface area contributed by atoms with Crippen molar-refractivity contribution in [3.63, 3.8) is 0 Å². The molecule has 5 heteroatoms. The number of nitrogens with zero attached hydrogens (tertiary/aromatic N) is 1. The van der Waals surface area contributed by atoms with Crippen LogP contribution in [0, 0.1) is 6.92 Å². The summed E-state index contributed by atoms with van der Waals surface area (Å²) in [5, 5.41) is 6.41. The zero-order valence-corrected chi connectivity index (χ0v) is 14.5. The number of nitrogens with one attached hydrogen (secondary N) is 2. The first kappa shape index (κ1) is 19.0. The summed E-state index contributed by atoms with van der Waals surface area (Å²) in [7, 11) is 1.70. The summed E-state index contributed by atoms with van der Waals surface area (Å²) in [4.78, 5) is 4.60. The third-order valence-electron chi connectivity index (χ3n) is 3.14. The molecule has 0 aliphatic rings. The molecule has 0 saturated heterocycles. The molecule has 0 atom stereocenters. The van der Waals surface area contributed by atoms with Crippen LogP contribution in [0.1, 0.15) is 24.5 Å². The maximum absolute atomic E-state index is 5.89. The average Bonchev–Trinajstić information content (AvgIpc) is 2.55. The van der Waals surface area contributed by atoms with Gasteiger partial charge in [0.25, 0.3) is 0 Å². The summed E-state index contributed by atoms with van der Waals surface area (Å²) in [6.45, 7) is 11.2. The molecule has 0 saturated carbocycles. The van der Waals surface area contributed by atoms with E-state index in [2.05, 4.69) is 47.3 Å². The van der Waals surface area contributed by atoms with Gasteiger partial charge in [0.15, 0.2) is 5.96 Å². The fourth-order valence-corrected chi connectivity index (χ4v) is 1.99. The second-order valence-corrected chi connectivity index (χ2v) is 5.17. The van der Waals surface area contributed by atoms with Gasteiger partial charge in [-0.3, -0.25) is 0 Å². The quantitative estimate of drug-likeness (QED) is 0.301. The minimum Gasteiger partial charge on any atom is -0.493 e. The lowest BCUT2D eigenvalue weighted by Gasteiger charge is -2.13. The number of rotatable bonds is 10. The Morgan fingerprint density at radius 3 is 2.83 bits per heavy atom. The molecular weight excluding hydrogens is 290 g/mol. The Balaban J connectivity index is 2.74. The number of methoxy groups -OCH3 is 1. The monoisotopic (exact) mass is 319 g/mol. The molecule has 1 aromatic rings. The van der Waals surface area contributed by atoms with Crippen molar-refractivity contribution in [1.29, 1.82) is 0 Å². The highest BCUT2D eigenvalue weighted by atomic mass is 16.5. The minimum atomic E-state index is 0.562. The topological polar surface area (TPSA) is 54.9 Å². The fraction of sp³-hybridized carbons (Fsp3) is 0.500. The number of hydrogen-bond acceptors (Lipinski definition) is 3. The highest BCUT2D eigenvalue weighted by Crippen LogP contribution is 2.21. The summed E-state index contributed by atoms with van der Waals surface area (Å²) in [5.74, 6) is 1.67. The zero-order chi connectivity index (χ0) is 16.9. The summed E-state index contributed by atoms with van der Waals surface area (Å²) >= 11 is 0. The molecule has 23 heavy (non-hydrogen) atoms. The van der Waals surface area contributed by atoms with E-state index in [1.807, 2.05) is 13.0 Å². The van der Waals surface area contributed by atoms with Crippen molar-refractivity contribution in [3.8, 4) is 5.75 Å². The first-order chi connectivity index (χ1) is 11.2. The van der Waals surface area contributed by atoms with Gasteiger partial charge in [0.1, 0.15) is 5.75 Å². The van der Waals surface area contributed by atoms with Crippen molar-refractivity contribution in [1.82, 2.24) is 10.6 Å². The molecular formula is C18H29N3O2. The number of aryl methyl sites for hydroxylation is 1. The molecule has 0 aliphatic carbocycles. The van der Waals surface area contributed by atoms with Gasteiger partial charge in [-0.25, -0.2) is 4.99 Å². The zero-order valence-electron chi connectivity index (χ0n) is 14.5. The van der Waals surface area contributed by atoms with Crippen LogP contribution >= 0.6 is 0 Å². The molecule has 0 bridgehead atoms. The lowest BCUT2D eigenvalue weighted by Crippen LogP contribution is -2.37. The van der Waals surface area contributed by atoms with E-state index < -0.39 is 0 Å². The maximum atomic E-state index is 5.89. The highest BCUT2D eigenvalue weighted by molar-refractivity contribution is 5.79. The Morgan fingerprint density at radius 2 is 2.13 bits per heavy atom. The number of guanidine groups is 1. The van der Waals surface area contributed by atoms with Crippen molar-refractivity contribution in [2.24, 2.45) is 4.99 Å². The maximum Gasteiger partial charge on any atom is 0.191 e. The van der Waals surface area contributed by atoms with Gasteiger partial charge in [-0.2, -0.15) is 0 Å². The smallest absolute Gasteiger partial charge is 0.191 e. The lowest BCUT2D eigenvalue weighted by atomic mass is 10.1. The molecule has 1 rings (SSSR count). The van der Waals surface area contributed by atoms with Crippen LogP contribution in [0.5, 0.6) is 5.75 Å². The molecule has 0 radical (unpaired) electrons. The molecule has 1 aromatic carbocycles. The van der Waals surface area contributed by atoms with Gasteiger partial charge in [0, 0.05) is 38.8 Å². The SMILES string of the molecule is C=CCNC(=NCc1ccc(C)cc1OCCCOC)NCC. The summed E-state index contributed by atoms with van der Waals surface area (Å²) in [6.07, 6.45) is 2.68. The van der Waals surface area contributed by atoms with Crippen molar-refractivity contribution < 1.29 is 9.47 Å². The Bertz CT molecular complexity index is 501. The van der Waals surface area contributed by atoms with Crippen LogP contribution < -0.4 is 15.4 Å². The first-order valence-corrected chi connectivity index (χ1v) is 8.05. The van der Waals surface area contributed by atoms with Gasteiger partial charge < -0.3 is 20.1 Å². The van der Waals surface area contributed by atoms with Crippen LogP contribution in [0.25, 0.3) is 0 Å².